The second kappa shape index (κ2) is 11.9. The first-order valence-corrected chi connectivity index (χ1v) is 15.0. The van der Waals surface area contributed by atoms with E-state index in [0.29, 0.717) is 32.4 Å². The predicted molar refractivity (Wildman–Crippen MR) is 170 cm³/mol. The van der Waals surface area contributed by atoms with Crippen LogP contribution in [0, 0.1) is 0 Å². The number of benzene rings is 3. The molecule has 0 radical (unpaired) electrons. The van der Waals surface area contributed by atoms with Crippen molar-refractivity contribution in [3.63, 3.8) is 0 Å². The molecule has 3 aromatic carbocycles. The molecular weight excluding hydrogens is 599 g/mol. The van der Waals surface area contributed by atoms with Gasteiger partial charge < -0.3 is 19.4 Å². The number of nitrogens with one attached hydrogen (secondary N) is 1. The maximum atomic E-state index is 6.38. The van der Waals surface area contributed by atoms with Gasteiger partial charge >= 0.3 is 0 Å². The SMILES string of the molecule is CCOc1ccc(NC(=S)c2c(-c3ccc(Cl)cc3)c3c4n(c(COc5ccc(Cl)cc5Cl)nn24)CCCC3)cc1. The van der Waals surface area contributed by atoms with Crippen molar-refractivity contribution in [2.75, 3.05) is 11.9 Å². The zero-order valence-electron chi connectivity index (χ0n) is 22.3. The van der Waals surface area contributed by atoms with Crippen LogP contribution in [0.2, 0.25) is 15.1 Å². The van der Waals surface area contributed by atoms with Gasteiger partial charge in [-0.05, 0) is 86.3 Å². The number of nitrogens with zero attached hydrogens (tertiary/aromatic N) is 3. The number of hydrogen-bond donors (Lipinski definition) is 1. The van der Waals surface area contributed by atoms with Gasteiger partial charge in [0.2, 0.25) is 0 Å². The van der Waals surface area contributed by atoms with Gasteiger partial charge in [0.1, 0.15) is 34.4 Å². The molecular formula is C31H27Cl3N4O2S. The number of rotatable bonds is 8. The Balaban J connectivity index is 1.45. The maximum absolute atomic E-state index is 6.38. The normalized spacial score (nSPS) is 12.8. The fraction of sp³-hybridized carbons (Fsp3) is 0.226. The standard InChI is InChI=1S/C31H27Cl3N4O2S/c1-2-39-23-13-11-22(12-14-23)35-30(41)29-28(19-6-8-20(32)9-7-19)24-5-3-4-16-37-27(36-38(29)31(24)37)18-40-26-15-10-21(33)17-25(26)34/h6-15,17H,2-5,16,18H2,1H3,(H,35,41). The van der Waals surface area contributed by atoms with Crippen LogP contribution in [0.5, 0.6) is 11.5 Å². The van der Waals surface area contributed by atoms with Crippen LogP contribution in [0.15, 0.2) is 66.7 Å². The van der Waals surface area contributed by atoms with Gasteiger partial charge in [0.15, 0.2) is 5.82 Å². The minimum Gasteiger partial charge on any atom is -0.494 e. The number of thiocarbonyl (C=S) groups is 1. The summed E-state index contributed by atoms with van der Waals surface area (Å²) in [5.74, 6) is 2.16. The lowest BCUT2D eigenvalue weighted by molar-refractivity contribution is 0.289. The molecule has 0 saturated heterocycles. The molecule has 3 heterocycles. The van der Waals surface area contributed by atoms with Crippen LogP contribution < -0.4 is 14.8 Å². The van der Waals surface area contributed by atoms with Crippen molar-refractivity contribution < 1.29 is 9.47 Å². The molecule has 210 valence electrons. The van der Waals surface area contributed by atoms with Crippen LogP contribution in [-0.2, 0) is 19.6 Å². The molecule has 1 N–H and O–H groups in total. The first-order chi connectivity index (χ1) is 19.9. The van der Waals surface area contributed by atoms with Crippen LogP contribution in [0.4, 0.5) is 5.69 Å². The molecule has 0 unspecified atom stereocenters. The second-order valence-corrected chi connectivity index (χ2v) is 11.4. The zero-order valence-corrected chi connectivity index (χ0v) is 25.4. The fourth-order valence-electron chi connectivity index (χ4n) is 5.27. The Labute approximate surface area is 258 Å². The first-order valence-electron chi connectivity index (χ1n) is 13.4. The maximum Gasteiger partial charge on any atom is 0.169 e. The highest BCUT2D eigenvalue weighted by Gasteiger charge is 2.29. The third-order valence-electron chi connectivity index (χ3n) is 7.08. The Kier molecular flexibility index (Phi) is 8.13. The van der Waals surface area contributed by atoms with Gasteiger partial charge in [0.05, 0.1) is 11.6 Å². The highest BCUT2D eigenvalue weighted by atomic mass is 35.5. The number of halogens is 3. The number of aromatic nitrogens is 3. The average molecular weight is 626 g/mol. The molecule has 0 spiro atoms. The van der Waals surface area contributed by atoms with Crippen molar-refractivity contribution in [1.82, 2.24) is 14.2 Å². The molecule has 5 aromatic rings. The number of aryl methyl sites for hydroxylation is 2. The smallest absolute Gasteiger partial charge is 0.169 e. The Hall–Kier alpha value is -3.23. The fourth-order valence-corrected chi connectivity index (χ4v) is 6.17. The Bertz CT molecular complexity index is 1730. The van der Waals surface area contributed by atoms with E-state index in [2.05, 4.69) is 9.88 Å². The molecule has 6 rings (SSSR count). The van der Waals surface area contributed by atoms with E-state index in [4.69, 9.17) is 61.6 Å². The highest BCUT2D eigenvalue weighted by molar-refractivity contribution is 7.81. The van der Waals surface area contributed by atoms with E-state index in [1.165, 1.54) is 5.56 Å². The summed E-state index contributed by atoms with van der Waals surface area (Å²) in [6.07, 6.45) is 2.98. The molecule has 0 atom stereocenters. The van der Waals surface area contributed by atoms with Crippen LogP contribution in [0.3, 0.4) is 0 Å². The summed E-state index contributed by atoms with van der Waals surface area (Å²) in [6.45, 7) is 3.65. The van der Waals surface area contributed by atoms with Crippen molar-refractivity contribution in [2.45, 2.75) is 39.3 Å². The van der Waals surface area contributed by atoms with E-state index < -0.39 is 0 Å². The lowest BCUT2D eigenvalue weighted by atomic mass is 9.98. The number of hydrogen-bond acceptors (Lipinski definition) is 4. The van der Waals surface area contributed by atoms with Gasteiger partial charge in [0.25, 0.3) is 0 Å². The molecule has 6 nitrogen and oxygen atoms in total. The highest BCUT2D eigenvalue weighted by Crippen LogP contribution is 2.38. The van der Waals surface area contributed by atoms with E-state index in [0.717, 1.165) is 65.5 Å². The molecule has 2 aromatic heterocycles. The molecule has 0 bridgehead atoms. The predicted octanol–water partition coefficient (Wildman–Crippen LogP) is 8.86. The lowest BCUT2D eigenvalue weighted by Crippen LogP contribution is -2.15. The summed E-state index contributed by atoms with van der Waals surface area (Å²) in [5.41, 5.74) is 6.03. The van der Waals surface area contributed by atoms with E-state index in [-0.39, 0.29) is 6.61 Å². The third kappa shape index (κ3) is 5.64. The summed E-state index contributed by atoms with van der Waals surface area (Å²) in [4.78, 5) is 0.568. The summed E-state index contributed by atoms with van der Waals surface area (Å²) < 4.78 is 15.9. The largest absolute Gasteiger partial charge is 0.494 e. The summed E-state index contributed by atoms with van der Waals surface area (Å²) >= 11 is 24.8. The second-order valence-electron chi connectivity index (χ2n) is 9.74. The third-order valence-corrected chi connectivity index (χ3v) is 8.16. The van der Waals surface area contributed by atoms with Crippen LogP contribution in [0.1, 0.15) is 36.8 Å². The van der Waals surface area contributed by atoms with Crippen molar-refractivity contribution in [2.24, 2.45) is 0 Å². The molecule has 0 saturated carbocycles. The van der Waals surface area contributed by atoms with Crippen molar-refractivity contribution in [1.29, 1.82) is 0 Å². The Morgan fingerprint density at radius 1 is 0.951 bits per heavy atom. The summed E-state index contributed by atoms with van der Waals surface area (Å²) in [7, 11) is 0. The molecule has 0 aliphatic carbocycles. The Morgan fingerprint density at radius 2 is 1.71 bits per heavy atom. The molecule has 0 fully saturated rings. The number of ether oxygens (including phenoxy) is 2. The van der Waals surface area contributed by atoms with Crippen molar-refractivity contribution in [3.05, 3.63) is 98.9 Å². The van der Waals surface area contributed by atoms with Gasteiger partial charge in [-0.3, -0.25) is 0 Å². The summed E-state index contributed by atoms with van der Waals surface area (Å²) in [6, 6.07) is 20.9. The van der Waals surface area contributed by atoms with E-state index in [1.807, 2.05) is 60.0 Å². The first kappa shape index (κ1) is 27.9. The van der Waals surface area contributed by atoms with E-state index in [1.54, 1.807) is 18.2 Å². The Morgan fingerprint density at radius 3 is 2.44 bits per heavy atom. The average Bonchev–Trinajstić information content (AvgIpc) is 3.36. The van der Waals surface area contributed by atoms with Crippen LogP contribution in [-0.4, -0.2) is 25.8 Å². The van der Waals surface area contributed by atoms with Crippen molar-refractivity contribution in [3.8, 4) is 22.6 Å². The molecule has 10 heteroatoms. The zero-order chi connectivity index (χ0) is 28.5. The van der Waals surface area contributed by atoms with E-state index in [9.17, 15) is 0 Å². The van der Waals surface area contributed by atoms with Crippen LogP contribution in [0.25, 0.3) is 16.8 Å². The van der Waals surface area contributed by atoms with Gasteiger partial charge in [-0.25, -0.2) is 4.52 Å². The molecule has 1 aliphatic rings. The van der Waals surface area contributed by atoms with Crippen molar-refractivity contribution >= 4 is 63.3 Å². The monoisotopic (exact) mass is 624 g/mol. The molecule has 1 aliphatic heterocycles. The quantitative estimate of drug-likeness (QED) is 0.175. The van der Waals surface area contributed by atoms with Gasteiger partial charge in [0, 0.05) is 33.4 Å². The molecule has 41 heavy (non-hydrogen) atoms. The number of anilines is 1. The van der Waals surface area contributed by atoms with Crippen LogP contribution >= 0.6 is 47.0 Å². The van der Waals surface area contributed by atoms with Gasteiger partial charge in [-0.1, -0.05) is 59.2 Å². The lowest BCUT2D eigenvalue weighted by Gasteiger charge is -2.12. The van der Waals surface area contributed by atoms with Gasteiger partial charge in [-0.15, -0.1) is 5.10 Å². The van der Waals surface area contributed by atoms with Gasteiger partial charge in [-0.2, -0.15) is 0 Å². The minimum absolute atomic E-state index is 0.247. The minimum atomic E-state index is 0.247. The summed E-state index contributed by atoms with van der Waals surface area (Å²) in [5, 5.41) is 10.2. The topological polar surface area (TPSA) is 52.7 Å². The van der Waals surface area contributed by atoms with E-state index >= 15 is 0 Å². The molecule has 0 amide bonds.